The van der Waals surface area contributed by atoms with Gasteiger partial charge in [0.2, 0.25) is 11.7 Å². The predicted molar refractivity (Wildman–Crippen MR) is 106 cm³/mol. The predicted octanol–water partition coefficient (Wildman–Crippen LogP) is 4.60. The molecule has 0 spiro atoms. The second-order valence-electron chi connectivity index (χ2n) is 5.65. The minimum Gasteiger partial charge on any atom is -0.353 e. The van der Waals surface area contributed by atoms with Crippen molar-refractivity contribution in [2.75, 3.05) is 5.32 Å². The summed E-state index contributed by atoms with van der Waals surface area (Å²) in [5, 5.41) is 10.7. The van der Waals surface area contributed by atoms with Crippen LogP contribution in [-0.2, 0) is 6.54 Å². The van der Waals surface area contributed by atoms with E-state index in [0.29, 0.717) is 23.4 Å². The fourth-order valence-electron chi connectivity index (χ4n) is 2.28. The van der Waals surface area contributed by atoms with E-state index in [1.807, 2.05) is 56.3 Å². The third kappa shape index (κ3) is 4.64. The molecule has 5 nitrogen and oxygen atoms in total. The molecule has 0 bridgehead atoms. The number of nitrogens with one attached hydrogen (secondary N) is 2. The Morgan fingerprint density at radius 2 is 2.04 bits per heavy atom. The number of nitrogens with zero attached hydrogens (tertiary/aromatic N) is 2. The summed E-state index contributed by atoms with van der Waals surface area (Å²) in [6.45, 7) is 4.41. The van der Waals surface area contributed by atoms with Gasteiger partial charge in [-0.15, -0.1) is 0 Å². The molecule has 0 saturated heterocycles. The van der Waals surface area contributed by atoms with Crippen LogP contribution < -0.4 is 10.6 Å². The van der Waals surface area contributed by atoms with Crippen LogP contribution in [0.2, 0.25) is 0 Å². The Labute approximate surface area is 160 Å². The Morgan fingerprint density at radius 3 is 2.80 bits per heavy atom. The fraction of sp³-hybridized carbons (Fsp3) is 0.167. The first-order valence-electron chi connectivity index (χ1n) is 7.72. The van der Waals surface area contributed by atoms with Gasteiger partial charge in [0.25, 0.3) is 0 Å². The van der Waals surface area contributed by atoms with E-state index >= 15 is 0 Å². The first kappa shape index (κ1) is 17.6. The largest absolute Gasteiger partial charge is 0.353 e. The van der Waals surface area contributed by atoms with Crippen LogP contribution in [0.4, 0.5) is 5.69 Å². The SMILES string of the molecule is Cc1cccc(-c2noc(CNC(=S)Nc3ccc(Br)c(C)c3)n2)c1. The Bertz CT molecular complexity index is 910. The third-order valence-electron chi connectivity index (χ3n) is 3.56. The summed E-state index contributed by atoms with van der Waals surface area (Å²) in [5.74, 6) is 1.05. The van der Waals surface area contributed by atoms with E-state index < -0.39 is 0 Å². The molecule has 0 atom stereocenters. The quantitative estimate of drug-likeness (QED) is 0.605. The van der Waals surface area contributed by atoms with Crippen LogP contribution in [0.5, 0.6) is 0 Å². The highest BCUT2D eigenvalue weighted by molar-refractivity contribution is 9.10. The van der Waals surface area contributed by atoms with E-state index in [0.717, 1.165) is 26.9 Å². The molecule has 2 N–H and O–H groups in total. The average Bonchev–Trinajstić information content (AvgIpc) is 3.05. The molecule has 0 aliphatic carbocycles. The summed E-state index contributed by atoms with van der Waals surface area (Å²) in [6.07, 6.45) is 0. The van der Waals surface area contributed by atoms with Crippen LogP contribution in [0, 0.1) is 13.8 Å². The molecule has 2 aromatic carbocycles. The van der Waals surface area contributed by atoms with Gasteiger partial charge in [0.15, 0.2) is 5.11 Å². The minimum absolute atomic E-state index is 0.361. The van der Waals surface area contributed by atoms with E-state index in [4.69, 9.17) is 16.7 Å². The maximum atomic E-state index is 5.30. The summed E-state index contributed by atoms with van der Waals surface area (Å²) in [6, 6.07) is 13.9. The summed E-state index contributed by atoms with van der Waals surface area (Å²) in [4.78, 5) is 4.39. The number of hydrogen-bond donors (Lipinski definition) is 2. The monoisotopic (exact) mass is 416 g/mol. The number of rotatable bonds is 4. The molecule has 3 rings (SSSR count). The summed E-state index contributed by atoms with van der Waals surface area (Å²) in [5.41, 5.74) is 4.13. The third-order valence-corrected chi connectivity index (χ3v) is 4.70. The molecule has 1 heterocycles. The number of thiocarbonyl (C=S) groups is 1. The molecule has 128 valence electrons. The number of anilines is 1. The van der Waals surface area contributed by atoms with E-state index in [1.165, 1.54) is 0 Å². The first-order valence-corrected chi connectivity index (χ1v) is 8.92. The Balaban J connectivity index is 1.58. The molecule has 7 heteroatoms. The van der Waals surface area contributed by atoms with Crippen LogP contribution in [0.15, 0.2) is 51.5 Å². The van der Waals surface area contributed by atoms with Gasteiger partial charge in [0.1, 0.15) is 0 Å². The van der Waals surface area contributed by atoms with Gasteiger partial charge in [-0.2, -0.15) is 4.98 Å². The van der Waals surface area contributed by atoms with Crippen LogP contribution in [0.3, 0.4) is 0 Å². The minimum atomic E-state index is 0.361. The number of benzene rings is 2. The van der Waals surface area contributed by atoms with Gasteiger partial charge >= 0.3 is 0 Å². The lowest BCUT2D eigenvalue weighted by atomic mass is 10.1. The molecule has 25 heavy (non-hydrogen) atoms. The van der Waals surface area contributed by atoms with Crippen molar-refractivity contribution in [1.29, 1.82) is 0 Å². The normalized spacial score (nSPS) is 10.5. The first-order chi connectivity index (χ1) is 12.0. The highest BCUT2D eigenvalue weighted by atomic mass is 79.9. The summed E-state index contributed by atoms with van der Waals surface area (Å²) in [7, 11) is 0. The van der Waals surface area contributed by atoms with Gasteiger partial charge < -0.3 is 15.2 Å². The Kier molecular flexibility index (Phi) is 5.45. The number of aromatic nitrogens is 2. The van der Waals surface area contributed by atoms with Crippen LogP contribution in [0.25, 0.3) is 11.4 Å². The number of halogens is 1. The molecule has 0 radical (unpaired) electrons. The Morgan fingerprint density at radius 1 is 1.20 bits per heavy atom. The molecular weight excluding hydrogens is 400 g/mol. The summed E-state index contributed by atoms with van der Waals surface area (Å²) >= 11 is 8.78. The molecule has 0 unspecified atom stereocenters. The lowest BCUT2D eigenvalue weighted by molar-refractivity contribution is 0.376. The van der Waals surface area contributed by atoms with Crippen LogP contribution in [0.1, 0.15) is 17.0 Å². The van der Waals surface area contributed by atoms with Gasteiger partial charge in [-0.3, -0.25) is 0 Å². The summed E-state index contributed by atoms with van der Waals surface area (Å²) < 4.78 is 6.34. The standard InChI is InChI=1S/C18H17BrN4OS/c1-11-4-3-5-13(8-11)17-22-16(24-23-17)10-20-18(25)21-14-6-7-15(19)12(2)9-14/h3-9H,10H2,1-2H3,(H2,20,21,25). The molecule has 0 amide bonds. The second kappa shape index (κ2) is 7.76. The van der Waals surface area contributed by atoms with E-state index in [1.54, 1.807) is 0 Å². The van der Waals surface area contributed by atoms with Gasteiger partial charge in [-0.1, -0.05) is 44.8 Å². The Hall–Kier alpha value is -2.25. The van der Waals surface area contributed by atoms with Crippen molar-refractivity contribution in [2.45, 2.75) is 20.4 Å². The van der Waals surface area contributed by atoms with Crippen molar-refractivity contribution in [1.82, 2.24) is 15.5 Å². The zero-order valence-corrected chi connectivity index (χ0v) is 16.2. The van der Waals surface area contributed by atoms with Crippen molar-refractivity contribution in [2.24, 2.45) is 0 Å². The molecule has 0 aliphatic heterocycles. The molecule has 1 aromatic heterocycles. The zero-order valence-electron chi connectivity index (χ0n) is 13.8. The van der Waals surface area contributed by atoms with Gasteiger partial charge in [-0.05, 0) is 55.9 Å². The van der Waals surface area contributed by atoms with Crippen LogP contribution >= 0.6 is 28.1 Å². The molecule has 0 aliphatic rings. The van der Waals surface area contributed by atoms with Gasteiger partial charge in [-0.25, -0.2) is 0 Å². The fourth-order valence-corrected chi connectivity index (χ4v) is 2.72. The zero-order chi connectivity index (χ0) is 17.8. The molecular formula is C18H17BrN4OS. The van der Waals surface area contributed by atoms with Gasteiger partial charge in [0, 0.05) is 15.7 Å². The van der Waals surface area contributed by atoms with Crippen molar-refractivity contribution < 1.29 is 4.52 Å². The van der Waals surface area contributed by atoms with Crippen molar-refractivity contribution >= 4 is 38.9 Å². The van der Waals surface area contributed by atoms with Crippen LogP contribution in [-0.4, -0.2) is 15.3 Å². The van der Waals surface area contributed by atoms with Crippen molar-refractivity contribution in [3.8, 4) is 11.4 Å². The highest BCUT2D eigenvalue weighted by Crippen LogP contribution is 2.20. The van der Waals surface area contributed by atoms with E-state index in [2.05, 4.69) is 36.7 Å². The highest BCUT2D eigenvalue weighted by Gasteiger charge is 2.09. The molecule has 0 saturated carbocycles. The lowest BCUT2D eigenvalue weighted by Gasteiger charge is -2.10. The van der Waals surface area contributed by atoms with E-state index in [-0.39, 0.29) is 0 Å². The smallest absolute Gasteiger partial charge is 0.246 e. The number of hydrogen-bond acceptors (Lipinski definition) is 4. The topological polar surface area (TPSA) is 63.0 Å². The maximum absolute atomic E-state index is 5.30. The van der Waals surface area contributed by atoms with Gasteiger partial charge in [0.05, 0.1) is 6.54 Å². The average molecular weight is 417 g/mol. The number of aryl methyl sites for hydroxylation is 2. The molecule has 0 fully saturated rings. The van der Waals surface area contributed by atoms with E-state index in [9.17, 15) is 0 Å². The van der Waals surface area contributed by atoms with Crippen molar-refractivity contribution in [3.05, 3.63) is 64.0 Å². The second-order valence-corrected chi connectivity index (χ2v) is 6.92. The molecule has 3 aromatic rings. The van der Waals surface area contributed by atoms with Crippen molar-refractivity contribution in [3.63, 3.8) is 0 Å². The maximum Gasteiger partial charge on any atom is 0.246 e. The lowest BCUT2D eigenvalue weighted by Crippen LogP contribution is -2.28.